The van der Waals surface area contributed by atoms with E-state index in [1.807, 2.05) is 48.7 Å². The van der Waals surface area contributed by atoms with Gasteiger partial charge in [0.1, 0.15) is 0 Å². The zero-order valence-electron chi connectivity index (χ0n) is 15.9. The van der Waals surface area contributed by atoms with Crippen LogP contribution in [0.4, 0.5) is 0 Å². The van der Waals surface area contributed by atoms with Crippen molar-refractivity contribution in [2.75, 3.05) is 19.8 Å². The van der Waals surface area contributed by atoms with Gasteiger partial charge in [0.25, 0.3) is 0 Å². The normalized spacial score (nSPS) is 19.4. The zero-order valence-corrected chi connectivity index (χ0v) is 16.7. The first-order valence-corrected chi connectivity index (χ1v) is 11.2. The number of nitrogens with zero attached hydrogens (tertiary/aromatic N) is 2. The molecule has 0 amide bonds. The molecule has 2 aromatic carbocycles. The average Bonchev–Trinajstić information content (AvgIpc) is 3.10. The molecule has 7 heteroatoms. The van der Waals surface area contributed by atoms with Crippen LogP contribution in [-0.2, 0) is 16.6 Å². The maximum absolute atomic E-state index is 13.7. The predicted octanol–water partition coefficient (Wildman–Crippen LogP) is 3.44. The van der Waals surface area contributed by atoms with E-state index in [0.717, 1.165) is 17.7 Å². The van der Waals surface area contributed by atoms with Gasteiger partial charge < -0.3 is 14.0 Å². The molecule has 0 saturated carbocycles. The van der Waals surface area contributed by atoms with Crippen LogP contribution in [0.3, 0.4) is 0 Å². The lowest BCUT2D eigenvalue weighted by molar-refractivity contribution is 0.295. The Kier molecular flexibility index (Phi) is 4.56. The van der Waals surface area contributed by atoms with Crippen molar-refractivity contribution in [2.45, 2.75) is 23.9 Å². The third kappa shape index (κ3) is 3.20. The van der Waals surface area contributed by atoms with Gasteiger partial charge in [-0.05, 0) is 29.8 Å². The Morgan fingerprint density at radius 3 is 2.48 bits per heavy atom. The van der Waals surface area contributed by atoms with Crippen molar-refractivity contribution in [3.05, 3.63) is 78.1 Å². The van der Waals surface area contributed by atoms with E-state index < -0.39 is 10.0 Å². The number of benzene rings is 2. The molecule has 150 valence electrons. The van der Waals surface area contributed by atoms with Gasteiger partial charge in [0.05, 0.1) is 24.2 Å². The largest absolute Gasteiger partial charge is 0.490 e. The van der Waals surface area contributed by atoms with E-state index in [4.69, 9.17) is 9.47 Å². The number of hydrogen-bond acceptors (Lipinski definition) is 4. The summed E-state index contributed by atoms with van der Waals surface area (Å²) >= 11 is 0. The monoisotopic (exact) mass is 410 g/mol. The van der Waals surface area contributed by atoms with Crippen molar-refractivity contribution in [1.82, 2.24) is 8.87 Å². The SMILES string of the molecule is O=S(=O)(c1ccc2c(c1)OCCCO2)N1CCn2cccc2[C@@H]1c1ccccc1. The summed E-state index contributed by atoms with van der Waals surface area (Å²) in [7, 11) is -3.74. The quantitative estimate of drug-likeness (QED) is 0.664. The van der Waals surface area contributed by atoms with Crippen LogP contribution in [0.15, 0.2) is 71.8 Å². The third-order valence-electron chi connectivity index (χ3n) is 5.43. The standard InChI is InChI=1S/C22H22N2O4S/c25-29(26,18-9-10-20-21(16-18)28-15-5-14-27-20)24-13-12-23-11-4-8-19(23)22(24)17-6-2-1-3-7-17/h1-4,6-11,16,22H,5,12-15H2/t22-/m0/s1. The van der Waals surface area contributed by atoms with Crippen LogP contribution in [0, 0.1) is 0 Å². The van der Waals surface area contributed by atoms with E-state index in [9.17, 15) is 8.42 Å². The van der Waals surface area contributed by atoms with E-state index in [-0.39, 0.29) is 10.9 Å². The molecular formula is C22H22N2O4S. The van der Waals surface area contributed by atoms with Gasteiger partial charge in [-0.3, -0.25) is 0 Å². The lowest BCUT2D eigenvalue weighted by Gasteiger charge is -2.36. The molecule has 0 bridgehead atoms. The molecule has 0 unspecified atom stereocenters. The molecule has 0 radical (unpaired) electrons. The maximum atomic E-state index is 13.7. The summed E-state index contributed by atoms with van der Waals surface area (Å²) in [4.78, 5) is 0.225. The van der Waals surface area contributed by atoms with Crippen molar-refractivity contribution in [3.63, 3.8) is 0 Å². The molecule has 29 heavy (non-hydrogen) atoms. The second kappa shape index (κ2) is 7.24. The van der Waals surface area contributed by atoms with Crippen LogP contribution < -0.4 is 9.47 Å². The molecule has 2 aliphatic heterocycles. The Bertz CT molecular complexity index is 1120. The van der Waals surface area contributed by atoms with E-state index in [1.54, 1.807) is 22.5 Å². The van der Waals surface area contributed by atoms with Crippen LogP contribution >= 0.6 is 0 Å². The minimum Gasteiger partial charge on any atom is -0.490 e. The van der Waals surface area contributed by atoms with Crippen molar-refractivity contribution in [2.24, 2.45) is 0 Å². The molecule has 1 atom stereocenters. The predicted molar refractivity (Wildman–Crippen MR) is 109 cm³/mol. The first-order valence-electron chi connectivity index (χ1n) is 9.76. The van der Waals surface area contributed by atoms with E-state index in [1.165, 1.54) is 0 Å². The number of ether oxygens (including phenoxy) is 2. The fourth-order valence-electron chi connectivity index (χ4n) is 4.03. The highest BCUT2D eigenvalue weighted by atomic mass is 32.2. The molecule has 3 aromatic rings. The molecule has 0 spiro atoms. The van der Waals surface area contributed by atoms with E-state index in [0.29, 0.717) is 37.8 Å². The second-order valence-electron chi connectivity index (χ2n) is 7.21. The first-order chi connectivity index (χ1) is 14.1. The highest BCUT2D eigenvalue weighted by Gasteiger charge is 2.38. The van der Waals surface area contributed by atoms with Gasteiger partial charge in [0, 0.05) is 37.5 Å². The smallest absolute Gasteiger partial charge is 0.244 e. The van der Waals surface area contributed by atoms with E-state index >= 15 is 0 Å². The van der Waals surface area contributed by atoms with Crippen LogP contribution in [0.25, 0.3) is 0 Å². The topological polar surface area (TPSA) is 60.8 Å². The summed E-state index contributed by atoms with van der Waals surface area (Å²) in [6.07, 6.45) is 2.78. The van der Waals surface area contributed by atoms with Gasteiger partial charge in [-0.25, -0.2) is 8.42 Å². The zero-order chi connectivity index (χ0) is 19.8. The lowest BCUT2D eigenvalue weighted by atomic mass is 10.0. The Labute approximate surface area is 170 Å². The molecule has 6 nitrogen and oxygen atoms in total. The Balaban J connectivity index is 1.59. The molecule has 3 heterocycles. The highest BCUT2D eigenvalue weighted by molar-refractivity contribution is 7.89. The van der Waals surface area contributed by atoms with Gasteiger partial charge in [0.2, 0.25) is 10.0 Å². The summed E-state index contributed by atoms with van der Waals surface area (Å²) in [6.45, 7) is 2.10. The van der Waals surface area contributed by atoms with Crippen LogP contribution in [0.5, 0.6) is 11.5 Å². The number of rotatable bonds is 3. The number of fused-ring (bicyclic) bond motifs is 2. The minimum absolute atomic E-state index is 0.225. The number of sulfonamides is 1. The molecule has 0 fully saturated rings. The molecule has 5 rings (SSSR count). The lowest BCUT2D eigenvalue weighted by Crippen LogP contribution is -2.42. The van der Waals surface area contributed by atoms with Crippen molar-refractivity contribution in [1.29, 1.82) is 0 Å². The van der Waals surface area contributed by atoms with Crippen LogP contribution in [0.1, 0.15) is 23.7 Å². The van der Waals surface area contributed by atoms with Gasteiger partial charge in [-0.1, -0.05) is 30.3 Å². The van der Waals surface area contributed by atoms with Crippen molar-refractivity contribution in [3.8, 4) is 11.5 Å². The molecular weight excluding hydrogens is 388 g/mol. The van der Waals surface area contributed by atoms with Crippen molar-refractivity contribution >= 4 is 10.0 Å². The van der Waals surface area contributed by atoms with Crippen LogP contribution in [0.2, 0.25) is 0 Å². The van der Waals surface area contributed by atoms with Gasteiger partial charge >= 0.3 is 0 Å². The molecule has 0 saturated heterocycles. The van der Waals surface area contributed by atoms with Gasteiger partial charge in [-0.15, -0.1) is 0 Å². The van der Waals surface area contributed by atoms with E-state index in [2.05, 4.69) is 4.57 Å². The summed E-state index contributed by atoms with van der Waals surface area (Å²) in [5.41, 5.74) is 1.92. The van der Waals surface area contributed by atoms with Crippen LogP contribution in [-0.4, -0.2) is 37.0 Å². The fourth-order valence-corrected chi connectivity index (χ4v) is 5.63. The highest BCUT2D eigenvalue weighted by Crippen LogP contribution is 2.38. The summed E-state index contributed by atoms with van der Waals surface area (Å²) in [5, 5.41) is 0. The van der Waals surface area contributed by atoms with Crippen molar-refractivity contribution < 1.29 is 17.9 Å². The summed E-state index contributed by atoms with van der Waals surface area (Å²) in [5.74, 6) is 1.08. The Morgan fingerprint density at radius 1 is 0.862 bits per heavy atom. The molecule has 0 N–H and O–H groups in total. The molecule has 1 aromatic heterocycles. The summed E-state index contributed by atoms with van der Waals surface area (Å²) < 4.78 is 42.5. The molecule has 0 aliphatic carbocycles. The minimum atomic E-state index is -3.74. The molecule has 2 aliphatic rings. The van der Waals surface area contributed by atoms with Gasteiger partial charge in [0.15, 0.2) is 11.5 Å². The third-order valence-corrected chi connectivity index (χ3v) is 7.30. The summed E-state index contributed by atoms with van der Waals surface area (Å²) in [6, 6.07) is 18.2. The average molecular weight is 410 g/mol. The Hall–Kier alpha value is -2.77. The fraction of sp³-hybridized carbons (Fsp3) is 0.273. The maximum Gasteiger partial charge on any atom is 0.244 e. The number of hydrogen-bond donors (Lipinski definition) is 0. The number of aromatic nitrogens is 1. The Morgan fingerprint density at radius 2 is 1.66 bits per heavy atom. The second-order valence-corrected chi connectivity index (χ2v) is 9.10. The van der Waals surface area contributed by atoms with Gasteiger partial charge in [-0.2, -0.15) is 4.31 Å². The first kappa shape index (κ1) is 18.3.